The zero-order chi connectivity index (χ0) is 14.4. The summed E-state index contributed by atoms with van der Waals surface area (Å²) in [5.74, 6) is 1.81. The minimum Gasteiger partial charge on any atom is -0.855 e. The minimum atomic E-state index is 0. The van der Waals surface area contributed by atoms with Crippen LogP contribution in [0.3, 0.4) is 0 Å². The molecule has 3 nitrogen and oxygen atoms in total. The maximum absolute atomic E-state index is 8.93. The van der Waals surface area contributed by atoms with E-state index in [0.717, 1.165) is 11.8 Å². The summed E-state index contributed by atoms with van der Waals surface area (Å²) >= 11 is 1.43. The normalized spacial score (nSPS) is 24.1. The number of hydrogen-bond acceptors (Lipinski definition) is 3. The van der Waals surface area contributed by atoms with Gasteiger partial charge in [0, 0.05) is 0 Å². The number of nitrogens with two attached hydrogens (primary N) is 1. The summed E-state index contributed by atoms with van der Waals surface area (Å²) in [5.41, 5.74) is 6.00. The molecule has 1 aliphatic carbocycles. The molecule has 0 amide bonds. The molecule has 0 aromatic heterocycles. The average Bonchev–Trinajstić information content (AvgIpc) is 2.32. The molecule has 0 aromatic rings. The van der Waals surface area contributed by atoms with E-state index in [-0.39, 0.29) is 13.2 Å². The Bertz CT molecular complexity index is 153. The summed E-state index contributed by atoms with van der Waals surface area (Å²) < 4.78 is 1.46. The Kier molecular flexibility index (Phi) is 18.3. The molecule has 0 saturated heterocycles. The molecule has 3 atom stereocenters. The number of hydrogen-bond donors (Lipinski definition) is 1. The van der Waals surface area contributed by atoms with Gasteiger partial charge in [-0.3, -0.25) is 0 Å². The fraction of sp³-hybridized carbons (Fsp3) is 1.00. The van der Waals surface area contributed by atoms with E-state index in [9.17, 15) is 0 Å². The summed E-state index contributed by atoms with van der Waals surface area (Å²) in [6.07, 6.45) is 7.17. The molecule has 3 unspecified atom stereocenters. The standard InChI is InChI=1S/C10H20N.2C2H5O.Sn.H/c1-3-9-6-4-5-7-10(9)8(2)11;2*1-2-3;;/h8-10H,1,3-7,11H2,2H3;2*2H2,1H3;;/q;2*-1;+2;. The van der Waals surface area contributed by atoms with Gasteiger partial charge in [-0.1, -0.05) is 13.8 Å². The quantitative estimate of drug-likeness (QED) is 0.745. The molecule has 1 aliphatic rings. The van der Waals surface area contributed by atoms with Crippen LogP contribution in [-0.2, 0) is 0 Å². The van der Waals surface area contributed by atoms with Crippen LogP contribution in [-0.4, -0.2) is 41.8 Å². The van der Waals surface area contributed by atoms with Crippen molar-refractivity contribution in [3.8, 4) is 0 Å². The molecule has 0 aliphatic heterocycles. The second-order valence-corrected chi connectivity index (χ2v) is 6.37. The van der Waals surface area contributed by atoms with Crippen molar-refractivity contribution >= 4 is 22.5 Å². The van der Waals surface area contributed by atoms with Crippen LogP contribution >= 0.6 is 0 Å². The van der Waals surface area contributed by atoms with Gasteiger partial charge >= 0.3 is 89.6 Å². The van der Waals surface area contributed by atoms with Crippen molar-refractivity contribution in [3.05, 3.63) is 0 Å². The van der Waals surface area contributed by atoms with Gasteiger partial charge in [0.25, 0.3) is 0 Å². The van der Waals surface area contributed by atoms with Gasteiger partial charge in [0.15, 0.2) is 0 Å². The molecule has 4 heteroatoms. The molecule has 1 saturated carbocycles. The predicted octanol–water partition coefficient (Wildman–Crippen LogP) is 0.582. The topological polar surface area (TPSA) is 72.1 Å². The fourth-order valence-corrected chi connectivity index (χ4v) is 3.72. The van der Waals surface area contributed by atoms with Gasteiger partial charge in [-0.25, -0.2) is 0 Å². The van der Waals surface area contributed by atoms with E-state index in [1.807, 2.05) is 0 Å². The van der Waals surface area contributed by atoms with Gasteiger partial charge < -0.3 is 10.2 Å². The summed E-state index contributed by atoms with van der Waals surface area (Å²) in [6, 6.07) is 0.433. The van der Waals surface area contributed by atoms with Crippen LogP contribution in [0.5, 0.6) is 0 Å². The Labute approximate surface area is 127 Å². The first-order valence-corrected chi connectivity index (χ1v) is 9.53. The van der Waals surface area contributed by atoms with E-state index in [0.29, 0.717) is 6.04 Å². The second-order valence-electron chi connectivity index (χ2n) is 4.72. The predicted molar refractivity (Wildman–Crippen MR) is 76.8 cm³/mol. The Morgan fingerprint density at radius 1 is 1.17 bits per heavy atom. The van der Waals surface area contributed by atoms with Gasteiger partial charge in [-0.15, -0.1) is 13.2 Å². The van der Waals surface area contributed by atoms with Crippen molar-refractivity contribution < 1.29 is 10.2 Å². The monoisotopic (exact) mass is 365 g/mol. The minimum absolute atomic E-state index is 0. The molecule has 0 spiro atoms. The summed E-state index contributed by atoms with van der Waals surface area (Å²) in [7, 11) is 0. The van der Waals surface area contributed by atoms with E-state index < -0.39 is 0 Å². The average molecular weight is 364 g/mol. The first-order valence-electron chi connectivity index (χ1n) is 7.20. The maximum Gasteiger partial charge on any atom is -0.0809 e. The van der Waals surface area contributed by atoms with Crippen LogP contribution in [0.4, 0.5) is 0 Å². The Morgan fingerprint density at radius 2 is 1.61 bits per heavy atom. The van der Waals surface area contributed by atoms with Crippen LogP contribution in [0, 0.1) is 11.8 Å². The molecule has 0 bridgehead atoms. The molecule has 108 valence electrons. The SMILES string of the molecule is CC(N)C1CCCCC1C[CH2][SnH+2].CC[O-].CC[O-]. The third-order valence-electron chi connectivity index (χ3n) is 3.18. The Balaban J connectivity index is 0. The molecule has 18 heavy (non-hydrogen) atoms. The molecule has 0 radical (unpaired) electrons. The van der Waals surface area contributed by atoms with Crippen molar-refractivity contribution in [1.82, 2.24) is 0 Å². The smallest absolute Gasteiger partial charge is 0.0809 e. The van der Waals surface area contributed by atoms with Gasteiger partial charge in [0.1, 0.15) is 0 Å². The van der Waals surface area contributed by atoms with E-state index in [4.69, 9.17) is 15.9 Å². The number of rotatable bonds is 3. The van der Waals surface area contributed by atoms with Crippen molar-refractivity contribution in [3.63, 3.8) is 0 Å². The zero-order valence-electron chi connectivity index (χ0n) is 12.4. The van der Waals surface area contributed by atoms with Crippen LogP contribution in [0.1, 0.15) is 52.9 Å². The molecule has 2 N–H and O–H groups in total. The third kappa shape index (κ3) is 11.8. The Hall–Kier alpha value is 0.679. The van der Waals surface area contributed by atoms with E-state index in [2.05, 4.69) is 6.92 Å². The van der Waals surface area contributed by atoms with Crippen LogP contribution in [0.2, 0.25) is 4.44 Å². The van der Waals surface area contributed by atoms with E-state index in [1.165, 1.54) is 59.1 Å². The maximum atomic E-state index is 8.93. The fourth-order valence-electron chi connectivity index (χ4n) is 2.50. The van der Waals surface area contributed by atoms with Crippen LogP contribution in [0.25, 0.3) is 0 Å². The van der Waals surface area contributed by atoms with Crippen molar-refractivity contribution in [2.75, 3.05) is 13.2 Å². The largest absolute Gasteiger partial charge is 0.855 e. The van der Waals surface area contributed by atoms with Crippen molar-refractivity contribution in [2.24, 2.45) is 17.6 Å². The summed E-state index contributed by atoms with van der Waals surface area (Å²) in [6.45, 7) is 5.33. The van der Waals surface area contributed by atoms with Gasteiger partial charge in [-0.2, -0.15) is 0 Å². The van der Waals surface area contributed by atoms with Gasteiger partial charge in [-0.05, 0) is 0 Å². The van der Waals surface area contributed by atoms with Crippen molar-refractivity contribution in [2.45, 2.75) is 63.4 Å². The molecular formula is C14H31NO2Sn. The first-order chi connectivity index (χ1) is 8.58. The van der Waals surface area contributed by atoms with Gasteiger partial charge in [0.05, 0.1) is 0 Å². The van der Waals surface area contributed by atoms with E-state index in [1.54, 1.807) is 13.8 Å². The Morgan fingerprint density at radius 3 is 2.00 bits per heavy atom. The van der Waals surface area contributed by atoms with Crippen molar-refractivity contribution in [1.29, 1.82) is 0 Å². The molecular weight excluding hydrogens is 333 g/mol. The third-order valence-corrected chi connectivity index (χ3v) is 4.13. The van der Waals surface area contributed by atoms with Crippen LogP contribution in [0.15, 0.2) is 0 Å². The molecule has 1 fully saturated rings. The van der Waals surface area contributed by atoms with Crippen LogP contribution < -0.4 is 15.9 Å². The first kappa shape index (κ1) is 21.0. The van der Waals surface area contributed by atoms with E-state index >= 15 is 0 Å². The summed E-state index contributed by atoms with van der Waals surface area (Å²) in [4.78, 5) is 0. The molecule has 0 aromatic carbocycles. The second kappa shape index (κ2) is 15.7. The zero-order valence-corrected chi connectivity index (χ0v) is 15.7. The molecule has 0 heterocycles. The summed E-state index contributed by atoms with van der Waals surface area (Å²) in [5, 5.41) is 17.9. The van der Waals surface area contributed by atoms with Gasteiger partial charge in [0.2, 0.25) is 0 Å². The molecule has 1 rings (SSSR count).